The van der Waals surface area contributed by atoms with Gasteiger partial charge in [0.1, 0.15) is 18.0 Å². The molecule has 1 N–H and O–H groups in total. The van der Waals surface area contributed by atoms with Crippen LogP contribution in [-0.4, -0.2) is 19.7 Å². The smallest absolute Gasteiger partial charge is 0.168 e. The van der Waals surface area contributed by atoms with Crippen LogP contribution in [0.2, 0.25) is 0 Å². The molecule has 26 heavy (non-hydrogen) atoms. The van der Waals surface area contributed by atoms with E-state index in [1.54, 1.807) is 18.3 Å². The normalized spacial score (nSPS) is 11.0. The first-order valence-electron chi connectivity index (χ1n) is 8.36. The van der Waals surface area contributed by atoms with E-state index in [4.69, 9.17) is 0 Å². The van der Waals surface area contributed by atoms with E-state index in [-0.39, 0.29) is 5.82 Å². The maximum absolute atomic E-state index is 13.0. The molecule has 0 aliphatic carbocycles. The van der Waals surface area contributed by atoms with Gasteiger partial charge >= 0.3 is 0 Å². The van der Waals surface area contributed by atoms with Crippen LogP contribution in [0.15, 0.2) is 55.0 Å². The van der Waals surface area contributed by atoms with E-state index in [0.29, 0.717) is 12.4 Å². The number of anilines is 1. The maximum Gasteiger partial charge on any atom is 0.168 e. The van der Waals surface area contributed by atoms with Gasteiger partial charge in [0.2, 0.25) is 0 Å². The van der Waals surface area contributed by atoms with Crippen molar-refractivity contribution in [1.82, 2.24) is 19.7 Å². The molecule has 0 fully saturated rings. The largest absolute Gasteiger partial charge is 0.365 e. The molecule has 0 aliphatic rings. The van der Waals surface area contributed by atoms with Gasteiger partial charge in [-0.25, -0.2) is 19.0 Å². The predicted molar refractivity (Wildman–Crippen MR) is 99.9 cm³/mol. The van der Waals surface area contributed by atoms with E-state index in [0.717, 1.165) is 27.8 Å². The maximum atomic E-state index is 13.0. The van der Waals surface area contributed by atoms with Crippen molar-refractivity contribution in [2.24, 2.45) is 0 Å². The van der Waals surface area contributed by atoms with E-state index < -0.39 is 0 Å². The summed E-state index contributed by atoms with van der Waals surface area (Å²) < 4.78 is 14.9. The number of hydrogen-bond acceptors (Lipinski definition) is 4. The summed E-state index contributed by atoms with van der Waals surface area (Å²) in [6.45, 7) is 4.67. The Kier molecular flexibility index (Phi) is 4.08. The molecular weight excluding hydrogens is 329 g/mol. The van der Waals surface area contributed by atoms with Gasteiger partial charge in [0, 0.05) is 6.54 Å². The Balaban J connectivity index is 1.67. The van der Waals surface area contributed by atoms with Gasteiger partial charge in [-0.05, 0) is 43.2 Å². The summed E-state index contributed by atoms with van der Waals surface area (Å²) in [5, 5.41) is 8.64. The number of halogens is 1. The van der Waals surface area contributed by atoms with Crippen molar-refractivity contribution in [3.05, 3.63) is 77.5 Å². The second-order valence-electron chi connectivity index (χ2n) is 6.29. The fraction of sp³-hybridized carbons (Fsp3) is 0.150. The molecule has 2 heterocycles. The van der Waals surface area contributed by atoms with E-state index in [1.165, 1.54) is 24.0 Å². The summed E-state index contributed by atoms with van der Waals surface area (Å²) in [5.74, 6) is 0.461. The lowest BCUT2D eigenvalue weighted by molar-refractivity contribution is 0.627. The van der Waals surface area contributed by atoms with Gasteiger partial charge in [0.25, 0.3) is 0 Å². The van der Waals surface area contributed by atoms with Crippen molar-refractivity contribution in [3.8, 4) is 5.69 Å². The molecule has 2 aromatic carbocycles. The Morgan fingerprint density at radius 1 is 1.04 bits per heavy atom. The van der Waals surface area contributed by atoms with E-state index >= 15 is 0 Å². The van der Waals surface area contributed by atoms with Crippen LogP contribution in [0.5, 0.6) is 0 Å². The Hall–Kier alpha value is -3.28. The van der Waals surface area contributed by atoms with Crippen molar-refractivity contribution in [2.75, 3.05) is 5.32 Å². The van der Waals surface area contributed by atoms with E-state index in [2.05, 4.69) is 46.4 Å². The average molecular weight is 347 g/mol. The van der Waals surface area contributed by atoms with E-state index in [9.17, 15) is 4.39 Å². The van der Waals surface area contributed by atoms with Gasteiger partial charge < -0.3 is 5.32 Å². The summed E-state index contributed by atoms with van der Waals surface area (Å²) in [4.78, 5) is 8.74. The van der Waals surface area contributed by atoms with Crippen LogP contribution < -0.4 is 5.32 Å². The summed E-state index contributed by atoms with van der Waals surface area (Å²) in [7, 11) is 0. The summed E-state index contributed by atoms with van der Waals surface area (Å²) in [6.07, 6.45) is 3.29. The number of rotatable bonds is 4. The summed E-state index contributed by atoms with van der Waals surface area (Å²) in [6, 6.07) is 12.6. The topological polar surface area (TPSA) is 55.6 Å². The summed E-state index contributed by atoms with van der Waals surface area (Å²) in [5.41, 5.74) is 5.05. The van der Waals surface area contributed by atoms with Gasteiger partial charge in [0.15, 0.2) is 5.65 Å². The SMILES string of the molecule is Cc1ccc(-n2ncc3c(NCc4ccc(F)cc4)ncnc32)c(C)c1. The third-order valence-corrected chi connectivity index (χ3v) is 4.32. The molecule has 4 aromatic rings. The Morgan fingerprint density at radius 2 is 1.85 bits per heavy atom. The second kappa shape index (κ2) is 6.55. The van der Waals surface area contributed by atoms with Crippen LogP contribution >= 0.6 is 0 Å². The highest BCUT2D eigenvalue weighted by Crippen LogP contribution is 2.24. The summed E-state index contributed by atoms with van der Waals surface area (Å²) >= 11 is 0. The van der Waals surface area contributed by atoms with E-state index in [1.807, 2.05) is 10.7 Å². The number of aryl methyl sites for hydroxylation is 2. The van der Waals surface area contributed by atoms with Crippen molar-refractivity contribution >= 4 is 16.9 Å². The van der Waals surface area contributed by atoms with Crippen molar-refractivity contribution in [2.45, 2.75) is 20.4 Å². The van der Waals surface area contributed by atoms with Gasteiger partial charge in [0.05, 0.1) is 17.3 Å². The lowest BCUT2D eigenvalue weighted by Crippen LogP contribution is -2.04. The number of nitrogens with one attached hydrogen (secondary N) is 1. The predicted octanol–water partition coefficient (Wildman–Crippen LogP) is 4.18. The Bertz CT molecular complexity index is 1070. The molecule has 4 rings (SSSR count). The minimum atomic E-state index is -0.243. The molecule has 0 bridgehead atoms. The Morgan fingerprint density at radius 3 is 2.62 bits per heavy atom. The third kappa shape index (κ3) is 3.01. The molecule has 2 aromatic heterocycles. The number of benzene rings is 2. The first kappa shape index (κ1) is 16.2. The molecule has 5 nitrogen and oxygen atoms in total. The van der Waals surface area contributed by atoms with Crippen LogP contribution in [0.4, 0.5) is 10.2 Å². The van der Waals surface area contributed by atoms with Gasteiger partial charge in [-0.15, -0.1) is 0 Å². The monoisotopic (exact) mass is 347 g/mol. The molecule has 130 valence electrons. The second-order valence-corrected chi connectivity index (χ2v) is 6.29. The number of nitrogens with zero attached hydrogens (tertiary/aromatic N) is 4. The quantitative estimate of drug-likeness (QED) is 0.602. The minimum Gasteiger partial charge on any atom is -0.365 e. The zero-order chi connectivity index (χ0) is 18.1. The molecule has 6 heteroatoms. The molecule has 0 atom stereocenters. The zero-order valence-corrected chi connectivity index (χ0v) is 14.6. The molecule has 0 saturated carbocycles. The first-order valence-corrected chi connectivity index (χ1v) is 8.36. The van der Waals surface area contributed by atoms with Crippen molar-refractivity contribution in [1.29, 1.82) is 0 Å². The molecule has 0 aliphatic heterocycles. The van der Waals surface area contributed by atoms with Crippen LogP contribution in [0.25, 0.3) is 16.7 Å². The highest BCUT2D eigenvalue weighted by Gasteiger charge is 2.12. The van der Waals surface area contributed by atoms with Gasteiger partial charge in [-0.2, -0.15) is 5.10 Å². The highest BCUT2D eigenvalue weighted by atomic mass is 19.1. The lowest BCUT2D eigenvalue weighted by Gasteiger charge is -2.09. The zero-order valence-electron chi connectivity index (χ0n) is 14.6. The molecule has 0 unspecified atom stereocenters. The highest BCUT2D eigenvalue weighted by molar-refractivity contribution is 5.87. The van der Waals surface area contributed by atoms with Crippen LogP contribution in [0.3, 0.4) is 0 Å². The van der Waals surface area contributed by atoms with Crippen molar-refractivity contribution in [3.63, 3.8) is 0 Å². The van der Waals surface area contributed by atoms with Crippen LogP contribution in [0.1, 0.15) is 16.7 Å². The number of hydrogen-bond donors (Lipinski definition) is 1. The molecule has 0 amide bonds. The minimum absolute atomic E-state index is 0.243. The molecule has 0 saturated heterocycles. The fourth-order valence-corrected chi connectivity index (χ4v) is 2.99. The number of aromatic nitrogens is 4. The molecule has 0 spiro atoms. The Labute approximate surface area is 150 Å². The standard InChI is InChI=1S/C20H18FN5/c1-13-3-8-18(14(2)9-13)26-20-17(11-25-26)19(23-12-24-20)22-10-15-4-6-16(21)7-5-15/h3-9,11-12H,10H2,1-2H3,(H,22,23,24). The van der Waals surface area contributed by atoms with Crippen LogP contribution in [-0.2, 0) is 6.54 Å². The van der Waals surface area contributed by atoms with Gasteiger partial charge in [-0.1, -0.05) is 29.8 Å². The average Bonchev–Trinajstić information content (AvgIpc) is 3.06. The lowest BCUT2D eigenvalue weighted by atomic mass is 10.1. The third-order valence-electron chi connectivity index (χ3n) is 4.32. The van der Waals surface area contributed by atoms with Crippen molar-refractivity contribution < 1.29 is 4.39 Å². The van der Waals surface area contributed by atoms with Crippen LogP contribution in [0, 0.1) is 19.7 Å². The van der Waals surface area contributed by atoms with Gasteiger partial charge in [-0.3, -0.25) is 0 Å². The fourth-order valence-electron chi connectivity index (χ4n) is 2.99. The number of fused-ring (bicyclic) bond motifs is 1. The molecular formula is C20H18FN5. The molecule has 0 radical (unpaired) electrons. The first-order chi connectivity index (χ1) is 12.6.